The third-order valence-corrected chi connectivity index (χ3v) is 4.46. The van der Waals surface area contributed by atoms with E-state index in [-0.39, 0.29) is 11.8 Å². The first-order valence-electron chi connectivity index (χ1n) is 7.54. The normalized spacial score (nSPS) is 27.2. The van der Waals surface area contributed by atoms with Crippen molar-refractivity contribution >= 4 is 11.8 Å². The van der Waals surface area contributed by atoms with Gasteiger partial charge in [-0.3, -0.25) is 14.5 Å². The molecule has 6 heteroatoms. The van der Waals surface area contributed by atoms with Crippen LogP contribution in [0.2, 0.25) is 0 Å². The van der Waals surface area contributed by atoms with E-state index in [1.807, 2.05) is 0 Å². The quantitative estimate of drug-likeness (QED) is 0.725. The lowest BCUT2D eigenvalue weighted by molar-refractivity contribution is -0.153. The van der Waals surface area contributed by atoms with Gasteiger partial charge >= 0.3 is 0 Å². The Morgan fingerprint density at radius 3 is 2.19 bits per heavy atom. The molecular weight excluding hydrogens is 270 g/mol. The number of piperazine rings is 1. The third-order valence-electron chi connectivity index (χ3n) is 4.46. The Morgan fingerprint density at radius 2 is 1.71 bits per heavy atom. The molecule has 0 spiro atoms. The first-order valence-corrected chi connectivity index (χ1v) is 7.54. The topological polar surface area (TPSA) is 64.1 Å². The van der Waals surface area contributed by atoms with Crippen LogP contribution in [0.4, 0.5) is 0 Å². The Hall–Kier alpha value is -1.40. The van der Waals surface area contributed by atoms with Gasteiger partial charge in [0.2, 0.25) is 5.91 Å². The second kappa shape index (κ2) is 6.15. The molecular formula is C15H25N3O3. The Bertz CT molecular complexity index is 430. The molecule has 0 aromatic rings. The molecule has 6 nitrogen and oxygen atoms in total. The minimum absolute atomic E-state index is 0.104. The molecule has 1 N–H and O–H groups in total. The molecule has 0 radical (unpaired) electrons. The van der Waals surface area contributed by atoms with Gasteiger partial charge in [-0.1, -0.05) is 6.58 Å². The Labute approximate surface area is 126 Å². The molecule has 0 aliphatic carbocycles. The van der Waals surface area contributed by atoms with Crippen molar-refractivity contribution in [2.45, 2.75) is 31.9 Å². The van der Waals surface area contributed by atoms with E-state index in [2.05, 4.69) is 25.3 Å². The second-order valence-electron chi connectivity index (χ2n) is 6.17. The fourth-order valence-corrected chi connectivity index (χ4v) is 2.99. The first-order chi connectivity index (χ1) is 9.87. The van der Waals surface area contributed by atoms with E-state index in [9.17, 15) is 14.7 Å². The molecule has 0 saturated carbocycles. The van der Waals surface area contributed by atoms with Crippen molar-refractivity contribution in [2.24, 2.45) is 0 Å². The van der Waals surface area contributed by atoms with Gasteiger partial charge in [0.1, 0.15) is 0 Å². The number of hydrogen-bond acceptors (Lipinski definition) is 4. The average molecular weight is 295 g/mol. The van der Waals surface area contributed by atoms with Gasteiger partial charge in [-0.05, 0) is 26.3 Å². The van der Waals surface area contributed by atoms with E-state index in [4.69, 9.17) is 0 Å². The van der Waals surface area contributed by atoms with Crippen LogP contribution in [0.25, 0.3) is 0 Å². The lowest BCUT2D eigenvalue weighted by Gasteiger charge is -2.37. The molecule has 2 aliphatic heterocycles. The van der Waals surface area contributed by atoms with E-state index in [0.29, 0.717) is 45.2 Å². The molecule has 0 aromatic heterocycles. The summed E-state index contributed by atoms with van der Waals surface area (Å²) in [6.07, 6.45) is 1.78. The number of nitrogens with zero attached hydrogens (tertiary/aromatic N) is 3. The number of carbonyl (C=O) groups is 2. The zero-order valence-electron chi connectivity index (χ0n) is 12.9. The molecule has 0 bridgehead atoms. The highest BCUT2D eigenvalue weighted by Gasteiger charge is 2.45. The van der Waals surface area contributed by atoms with Gasteiger partial charge in [0, 0.05) is 45.3 Å². The summed E-state index contributed by atoms with van der Waals surface area (Å²) in [6.45, 7) is 10.7. The van der Waals surface area contributed by atoms with Crippen LogP contribution in [-0.2, 0) is 9.59 Å². The number of aliphatic hydroxyl groups is 1. The van der Waals surface area contributed by atoms with Crippen LogP contribution < -0.4 is 0 Å². The summed E-state index contributed by atoms with van der Waals surface area (Å²) in [4.78, 5) is 29.6. The highest BCUT2D eigenvalue weighted by molar-refractivity contribution is 5.88. The van der Waals surface area contributed by atoms with E-state index in [1.54, 1.807) is 9.80 Å². The van der Waals surface area contributed by atoms with E-state index >= 15 is 0 Å². The minimum Gasteiger partial charge on any atom is -0.379 e. The summed E-state index contributed by atoms with van der Waals surface area (Å²) in [5, 5.41) is 10.6. The second-order valence-corrected chi connectivity index (χ2v) is 6.17. The van der Waals surface area contributed by atoms with Crippen LogP contribution in [-0.4, -0.2) is 82.5 Å². The van der Waals surface area contributed by atoms with Gasteiger partial charge in [0.05, 0.1) is 0 Å². The van der Waals surface area contributed by atoms with Gasteiger partial charge in [-0.15, -0.1) is 0 Å². The number of likely N-dealkylation sites (tertiary alicyclic amines) is 1. The zero-order valence-corrected chi connectivity index (χ0v) is 12.9. The molecule has 2 saturated heterocycles. The lowest BCUT2D eigenvalue weighted by atomic mass is 10.0. The molecule has 1 unspecified atom stereocenters. The van der Waals surface area contributed by atoms with Crippen molar-refractivity contribution in [2.75, 3.05) is 39.3 Å². The third kappa shape index (κ3) is 3.27. The number of β-amino-alcohol motifs (C(OH)–C–C–N with tert-alkyl or cyclic N) is 1. The first kappa shape index (κ1) is 16.0. The van der Waals surface area contributed by atoms with Gasteiger partial charge in [-0.2, -0.15) is 0 Å². The summed E-state index contributed by atoms with van der Waals surface area (Å²) < 4.78 is 0. The summed E-state index contributed by atoms with van der Waals surface area (Å²) in [7, 11) is 0. The summed E-state index contributed by atoms with van der Waals surface area (Å²) in [6, 6.07) is 0.328. The SMILES string of the molecule is C=CC(=O)N1CCN(C(=O)C2(O)CCN(C(C)C)C2)CC1. The van der Waals surface area contributed by atoms with E-state index in [0.717, 1.165) is 6.54 Å². The predicted molar refractivity (Wildman–Crippen MR) is 79.6 cm³/mol. The van der Waals surface area contributed by atoms with Gasteiger partial charge in [0.25, 0.3) is 5.91 Å². The van der Waals surface area contributed by atoms with Gasteiger partial charge in [0.15, 0.2) is 5.60 Å². The molecule has 2 amide bonds. The number of amides is 2. The van der Waals surface area contributed by atoms with Crippen molar-refractivity contribution in [3.63, 3.8) is 0 Å². The molecule has 2 aliphatic rings. The maximum atomic E-state index is 12.6. The van der Waals surface area contributed by atoms with Crippen LogP contribution in [0.3, 0.4) is 0 Å². The standard InChI is InChI=1S/C15H25N3O3/c1-4-13(19)16-7-9-17(10-8-16)14(20)15(21)5-6-18(11-15)12(2)3/h4,12,21H,1,5-11H2,2-3H3. The zero-order chi connectivity index (χ0) is 15.6. The van der Waals surface area contributed by atoms with E-state index in [1.165, 1.54) is 6.08 Å². The molecule has 1 atom stereocenters. The predicted octanol–water partition coefficient (Wildman–Crippen LogP) is -0.312. The summed E-state index contributed by atoms with van der Waals surface area (Å²) in [5.41, 5.74) is -1.27. The molecule has 118 valence electrons. The molecule has 2 fully saturated rings. The van der Waals surface area contributed by atoms with Gasteiger partial charge < -0.3 is 14.9 Å². The van der Waals surface area contributed by atoms with Crippen molar-refractivity contribution in [3.8, 4) is 0 Å². The fourth-order valence-electron chi connectivity index (χ4n) is 2.99. The minimum atomic E-state index is -1.27. The number of carbonyl (C=O) groups excluding carboxylic acids is 2. The Balaban J connectivity index is 1.93. The maximum Gasteiger partial charge on any atom is 0.256 e. The van der Waals surface area contributed by atoms with Crippen LogP contribution in [0.1, 0.15) is 20.3 Å². The van der Waals surface area contributed by atoms with E-state index < -0.39 is 5.60 Å². The molecule has 2 heterocycles. The van der Waals surface area contributed by atoms with Crippen LogP contribution in [0, 0.1) is 0 Å². The lowest BCUT2D eigenvalue weighted by Crippen LogP contribution is -2.57. The maximum absolute atomic E-state index is 12.6. The smallest absolute Gasteiger partial charge is 0.256 e. The molecule has 21 heavy (non-hydrogen) atoms. The Morgan fingerprint density at radius 1 is 1.14 bits per heavy atom. The van der Waals surface area contributed by atoms with Crippen LogP contribution in [0.5, 0.6) is 0 Å². The summed E-state index contributed by atoms with van der Waals surface area (Å²) in [5.74, 6) is -0.302. The fraction of sp³-hybridized carbons (Fsp3) is 0.733. The highest BCUT2D eigenvalue weighted by Crippen LogP contribution is 2.25. The Kier molecular flexibility index (Phi) is 4.68. The van der Waals surface area contributed by atoms with Crippen molar-refractivity contribution in [1.82, 2.24) is 14.7 Å². The van der Waals surface area contributed by atoms with Gasteiger partial charge in [-0.25, -0.2) is 0 Å². The molecule has 2 rings (SSSR count). The number of hydrogen-bond donors (Lipinski definition) is 1. The summed E-state index contributed by atoms with van der Waals surface area (Å²) >= 11 is 0. The number of rotatable bonds is 3. The highest BCUT2D eigenvalue weighted by atomic mass is 16.3. The van der Waals surface area contributed by atoms with Crippen molar-refractivity contribution in [3.05, 3.63) is 12.7 Å². The molecule has 0 aromatic carbocycles. The van der Waals surface area contributed by atoms with Crippen LogP contribution >= 0.6 is 0 Å². The monoisotopic (exact) mass is 295 g/mol. The largest absolute Gasteiger partial charge is 0.379 e. The average Bonchev–Trinajstić information content (AvgIpc) is 2.90. The van der Waals surface area contributed by atoms with Crippen molar-refractivity contribution < 1.29 is 14.7 Å². The van der Waals surface area contributed by atoms with Crippen molar-refractivity contribution in [1.29, 1.82) is 0 Å². The van der Waals surface area contributed by atoms with Crippen LogP contribution in [0.15, 0.2) is 12.7 Å².